The summed E-state index contributed by atoms with van der Waals surface area (Å²) in [4.78, 5) is 12.3. The van der Waals surface area contributed by atoms with Crippen molar-refractivity contribution in [2.24, 2.45) is 5.92 Å². The van der Waals surface area contributed by atoms with Crippen LogP contribution in [0.25, 0.3) is 0 Å². The van der Waals surface area contributed by atoms with Crippen molar-refractivity contribution in [3.05, 3.63) is 35.9 Å². The fraction of sp³-hybridized carbons (Fsp3) is 0.588. The SMILES string of the molecule is CCOC(=O)C(CCCc1ccccc1)C(CO)(OCC)[PH2]=O. The highest BCUT2D eigenvalue weighted by molar-refractivity contribution is 7.25. The van der Waals surface area contributed by atoms with Crippen LogP contribution in [0.4, 0.5) is 0 Å². The summed E-state index contributed by atoms with van der Waals surface area (Å²) in [5.41, 5.74) is 1.18. The Kier molecular flexibility index (Phi) is 9.15. The number of aliphatic hydroxyl groups excluding tert-OH is 1. The lowest BCUT2D eigenvalue weighted by atomic mass is 9.94. The van der Waals surface area contributed by atoms with E-state index in [0.29, 0.717) is 6.42 Å². The summed E-state index contributed by atoms with van der Waals surface area (Å²) in [6.45, 7) is 3.56. The second kappa shape index (κ2) is 10.6. The summed E-state index contributed by atoms with van der Waals surface area (Å²) in [6, 6.07) is 9.95. The standard InChI is InChI=1S/C17H27O5P/c1-3-21-16(19)15(17(13-18,23-20)22-4-2)12-8-11-14-9-6-5-7-10-14/h5-7,9-10,15,18H,3-4,8,11-13,23H2,1-2H3. The molecule has 3 atom stereocenters. The van der Waals surface area contributed by atoms with E-state index in [9.17, 15) is 14.5 Å². The number of aliphatic hydroxyl groups is 1. The third kappa shape index (κ3) is 5.76. The van der Waals surface area contributed by atoms with Gasteiger partial charge in [-0.15, -0.1) is 0 Å². The highest BCUT2D eigenvalue weighted by Crippen LogP contribution is 2.37. The van der Waals surface area contributed by atoms with Gasteiger partial charge in [0.2, 0.25) is 0 Å². The van der Waals surface area contributed by atoms with E-state index in [-0.39, 0.29) is 13.2 Å². The summed E-state index contributed by atoms with van der Waals surface area (Å²) in [6.07, 6.45) is 1.99. The summed E-state index contributed by atoms with van der Waals surface area (Å²) >= 11 is 0. The third-order valence-corrected chi connectivity index (χ3v) is 4.97. The first-order chi connectivity index (χ1) is 11.1. The molecule has 130 valence electrons. The lowest BCUT2D eigenvalue weighted by molar-refractivity contribution is -0.159. The van der Waals surface area contributed by atoms with Crippen molar-refractivity contribution in [2.45, 2.75) is 38.5 Å². The molecule has 6 heteroatoms. The third-order valence-electron chi connectivity index (χ3n) is 3.82. The molecule has 0 aromatic heterocycles. The molecule has 23 heavy (non-hydrogen) atoms. The number of aryl methyl sites for hydroxylation is 1. The van der Waals surface area contributed by atoms with E-state index in [4.69, 9.17) is 9.47 Å². The summed E-state index contributed by atoms with van der Waals surface area (Å²) < 4.78 is 22.4. The second-order valence-electron chi connectivity index (χ2n) is 5.35. The Bertz CT molecular complexity index is 479. The Morgan fingerprint density at radius 2 is 1.96 bits per heavy atom. The summed E-state index contributed by atoms with van der Waals surface area (Å²) in [7, 11) is -1.48. The van der Waals surface area contributed by atoms with Gasteiger partial charge in [0.25, 0.3) is 0 Å². The molecule has 0 aliphatic heterocycles. The molecule has 0 fully saturated rings. The van der Waals surface area contributed by atoms with Gasteiger partial charge in [0, 0.05) is 6.61 Å². The van der Waals surface area contributed by atoms with Crippen molar-refractivity contribution in [2.75, 3.05) is 19.8 Å². The summed E-state index contributed by atoms with van der Waals surface area (Å²) in [5.74, 6) is -1.17. The van der Waals surface area contributed by atoms with Crippen molar-refractivity contribution in [3.63, 3.8) is 0 Å². The molecule has 0 saturated heterocycles. The van der Waals surface area contributed by atoms with Crippen LogP contribution in [0.15, 0.2) is 30.3 Å². The van der Waals surface area contributed by atoms with Crippen molar-refractivity contribution in [1.82, 2.24) is 0 Å². The number of hydrogen-bond acceptors (Lipinski definition) is 5. The fourth-order valence-corrected chi connectivity index (χ4v) is 3.41. The van der Waals surface area contributed by atoms with Crippen molar-refractivity contribution in [1.29, 1.82) is 0 Å². The second-order valence-corrected chi connectivity index (χ2v) is 6.56. The zero-order chi connectivity index (χ0) is 17.1. The van der Waals surface area contributed by atoms with Crippen LogP contribution < -0.4 is 0 Å². The number of carbonyl (C=O) groups excluding carboxylic acids is 1. The van der Waals surface area contributed by atoms with Crippen LogP contribution in [0.1, 0.15) is 32.3 Å². The maximum atomic E-state index is 12.3. The molecule has 0 amide bonds. The molecule has 0 aliphatic carbocycles. The zero-order valence-corrected chi connectivity index (χ0v) is 15.0. The van der Waals surface area contributed by atoms with E-state index in [1.807, 2.05) is 30.3 Å². The minimum Gasteiger partial charge on any atom is -0.466 e. The minimum atomic E-state index is -1.48. The predicted octanol–water partition coefficient (Wildman–Crippen LogP) is 2.67. The Labute approximate surface area is 139 Å². The number of rotatable bonds is 11. The van der Waals surface area contributed by atoms with Crippen LogP contribution in [0, 0.1) is 5.92 Å². The predicted molar refractivity (Wildman–Crippen MR) is 91.3 cm³/mol. The lowest BCUT2D eigenvalue weighted by Gasteiger charge is -2.33. The van der Waals surface area contributed by atoms with Crippen LogP contribution in [-0.4, -0.2) is 36.2 Å². The molecular weight excluding hydrogens is 315 g/mol. The van der Waals surface area contributed by atoms with Gasteiger partial charge in [-0.2, -0.15) is 0 Å². The molecular formula is C17H27O5P. The van der Waals surface area contributed by atoms with E-state index in [1.54, 1.807) is 13.8 Å². The van der Waals surface area contributed by atoms with Crippen molar-refractivity contribution in [3.8, 4) is 0 Å². The number of benzene rings is 1. The van der Waals surface area contributed by atoms with E-state index in [0.717, 1.165) is 12.8 Å². The topological polar surface area (TPSA) is 72.8 Å². The van der Waals surface area contributed by atoms with Crippen LogP contribution in [0.5, 0.6) is 0 Å². The number of hydrogen-bond donors (Lipinski definition) is 1. The quantitative estimate of drug-likeness (QED) is 0.494. The van der Waals surface area contributed by atoms with E-state index < -0.39 is 32.3 Å². The Morgan fingerprint density at radius 3 is 2.48 bits per heavy atom. The average Bonchev–Trinajstić information content (AvgIpc) is 2.58. The molecule has 0 radical (unpaired) electrons. The van der Waals surface area contributed by atoms with Gasteiger partial charge in [-0.1, -0.05) is 30.3 Å². The van der Waals surface area contributed by atoms with Crippen LogP contribution >= 0.6 is 8.46 Å². The van der Waals surface area contributed by atoms with Gasteiger partial charge in [0.05, 0.1) is 27.6 Å². The summed E-state index contributed by atoms with van der Waals surface area (Å²) in [5, 5.41) is 8.38. The average molecular weight is 342 g/mol. The van der Waals surface area contributed by atoms with Crippen LogP contribution in [-0.2, 0) is 25.3 Å². The maximum absolute atomic E-state index is 12.3. The van der Waals surface area contributed by atoms with Crippen molar-refractivity contribution >= 4 is 14.4 Å². The van der Waals surface area contributed by atoms with E-state index in [2.05, 4.69) is 0 Å². The van der Waals surface area contributed by atoms with E-state index >= 15 is 0 Å². The van der Waals surface area contributed by atoms with Gasteiger partial charge in [-0.25, -0.2) is 0 Å². The van der Waals surface area contributed by atoms with Crippen LogP contribution in [0.3, 0.4) is 0 Å². The monoisotopic (exact) mass is 342 g/mol. The Morgan fingerprint density at radius 1 is 1.26 bits per heavy atom. The molecule has 1 N–H and O–H groups in total. The van der Waals surface area contributed by atoms with Gasteiger partial charge in [0.15, 0.2) is 5.34 Å². The molecule has 0 bridgehead atoms. The highest BCUT2D eigenvalue weighted by atomic mass is 31.1. The van der Waals surface area contributed by atoms with E-state index in [1.165, 1.54) is 5.56 Å². The number of carbonyl (C=O) groups is 1. The van der Waals surface area contributed by atoms with Crippen LogP contribution in [0.2, 0.25) is 0 Å². The molecule has 0 aliphatic rings. The van der Waals surface area contributed by atoms with Gasteiger partial charge < -0.3 is 19.1 Å². The van der Waals surface area contributed by atoms with Gasteiger partial charge >= 0.3 is 5.97 Å². The first kappa shape index (κ1) is 19.9. The highest BCUT2D eigenvalue weighted by Gasteiger charge is 2.43. The largest absolute Gasteiger partial charge is 0.466 e. The number of ether oxygens (including phenoxy) is 2. The Hall–Kier alpha value is -1.16. The molecule has 0 heterocycles. The fourth-order valence-electron chi connectivity index (χ4n) is 2.64. The molecule has 0 saturated carbocycles. The van der Waals surface area contributed by atoms with Gasteiger partial charge in [-0.3, -0.25) is 4.79 Å². The molecule has 5 nitrogen and oxygen atoms in total. The first-order valence-corrected chi connectivity index (χ1v) is 9.10. The minimum absolute atomic E-state index is 0.246. The molecule has 1 aromatic carbocycles. The molecule has 3 unspecified atom stereocenters. The molecule has 0 spiro atoms. The zero-order valence-electron chi connectivity index (χ0n) is 13.9. The number of esters is 1. The lowest BCUT2D eigenvalue weighted by Crippen LogP contribution is -2.44. The molecule has 1 rings (SSSR count). The normalized spacial score (nSPS) is 15.4. The van der Waals surface area contributed by atoms with Gasteiger partial charge in [0.1, 0.15) is 0 Å². The Balaban J connectivity index is 2.82. The smallest absolute Gasteiger partial charge is 0.312 e. The first-order valence-electron chi connectivity index (χ1n) is 8.05. The molecule has 1 aromatic rings. The van der Waals surface area contributed by atoms with Gasteiger partial charge in [-0.05, 0) is 38.7 Å². The maximum Gasteiger partial charge on any atom is 0.312 e. The van der Waals surface area contributed by atoms with Crippen molar-refractivity contribution < 1.29 is 23.9 Å².